The summed E-state index contributed by atoms with van der Waals surface area (Å²) in [6.45, 7) is 3.85. The minimum absolute atomic E-state index is 0.179. The van der Waals surface area contributed by atoms with E-state index in [1.165, 1.54) is 12.1 Å². The lowest BCUT2D eigenvalue weighted by Gasteiger charge is -2.12. The zero-order chi connectivity index (χ0) is 14.0. The highest BCUT2D eigenvalue weighted by Crippen LogP contribution is 2.34. The van der Waals surface area contributed by atoms with Gasteiger partial charge in [0.05, 0.1) is 5.02 Å². The minimum Gasteiger partial charge on any atom is -0.406 e. The van der Waals surface area contributed by atoms with E-state index in [-0.39, 0.29) is 10.8 Å². The van der Waals surface area contributed by atoms with Crippen LogP contribution < -0.4 is 4.74 Å². The highest BCUT2D eigenvalue weighted by molar-refractivity contribution is 6.33. The summed E-state index contributed by atoms with van der Waals surface area (Å²) in [5, 5.41) is 0.179. The molecule has 2 aromatic carbocycles. The molecular weight excluding hydrogens is 277 g/mol. The first-order valence-corrected chi connectivity index (χ1v) is 5.71. The Morgan fingerprint density at radius 3 is 2.26 bits per heavy atom. The van der Waals surface area contributed by atoms with E-state index in [0.29, 0.717) is 5.56 Å². The molecule has 0 unspecified atom stereocenters. The van der Waals surface area contributed by atoms with E-state index in [1.54, 1.807) is 18.2 Å². The first-order chi connectivity index (χ1) is 8.87. The van der Waals surface area contributed by atoms with Gasteiger partial charge in [0.15, 0.2) is 0 Å². The van der Waals surface area contributed by atoms with Crippen LogP contribution in [-0.2, 0) is 0 Å². The van der Waals surface area contributed by atoms with Gasteiger partial charge in [-0.3, -0.25) is 0 Å². The van der Waals surface area contributed by atoms with Crippen LogP contribution in [0.3, 0.4) is 0 Å². The van der Waals surface area contributed by atoms with Crippen molar-refractivity contribution < 1.29 is 17.9 Å². The van der Waals surface area contributed by atoms with Gasteiger partial charge in [-0.2, -0.15) is 0 Å². The number of alkyl halides is 3. The Morgan fingerprint density at radius 2 is 1.68 bits per heavy atom. The molecule has 0 saturated carbocycles. The normalized spacial score (nSPS) is 11.4. The molecule has 0 aromatic heterocycles. The second-order valence-corrected chi connectivity index (χ2v) is 4.25. The van der Waals surface area contributed by atoms with Gasteiger partial charge in [0.25, 0.3) is 0 Å². The molecule has 0 N–H and O–H groups in total. The van der Waals surface area contributed by atoms with Gasteiger partial charge in [-0.15, -0.1) is 13.2 Å². The van der Waals surface area contributed by atoms with Crippen LogP contribution in [0.2, 0.25) is 5.02 Å². The summed E-state index contributed by atoms with van der Waals surface area (Å²) in [7, 11) is 0. The molecule has 2 rings (SSSR count). The molecule has 0 atom stereocenters. The molecule has 0 saturated heterocycles. The van der Waals surface area contributed by atoms with Gasteiger partial charge >= 0.3 is 6.36 Å². The topological polar surface area (TPSA) is 9.23 Å². The van der Waals surface area contributed by atoms with Crippen molar-refractivity contribution in [1.29, 1.82) is 0 Å². The number of ether oxygens (including phenoxy) is 1. The number of benzene rings is 2. The van der Waals surface area contributed by atoms with Crippen molar-refractivity contribution in [2.75, 3.05) is 0 Å². The standard InChI is InChI=1S/C14H9ClF3O/c1-9-4-2-3-5-11(9)12-7-6-10(8-13(12)15)19-14(16,17)18/h2-8H,1H2. The van der Waals surface area contributed by atoms with Gasteiger partial charge < -0.3 is 4.74 Å². The Labute approximate surface area is 113 Å². The quantitative estimate of drug-likeness (QED) is 0.747. The fraction of sp³-hybridized carbons (Fsp3) is 0.0714. The second kappa shape index (κ2) is 5.13. The minimum atomic E-state index is -4.73. The van der Waals surface area contributed by atoms with Gasteiger partial charge in [0.2, 0.25) is 0 Å². The molecule has 0 fully saturated rings. The van der Waals surface area contributed by atoms with Crippen LogP contribution in [0.4, 0.5) is 13.2 Å². The van der Waals surface area contributed by atoms with E-state index in [9.17, 15) is 13.2 Å². The van der Waals surface area contributed by atoms with Crippen molar-refractivity contribution in [3.05, 3.63) is 60.0 Å². The van der Waals surface area contributed by atoms with Gasteiger partial charge in [-0.1, -0.05) is 35.9 Å². The molecule has 2 aromatic rings. The Morgan fingerprint density at radius 1 is 1.00 bits per heavy atom. The van der Waals surface area contributed by atoms with Crippen LogP contribution in [0, 0.1) is 6.92 Å². The van der Waals surface area contributed by atoms with E-state index < -0.39 is 6.36 Å². The number of halogens is 4. The second-order valence-electron chi connectivity index (χ2n) is 3.85. The van der Waals surface area contributed by atoms with Crippen molar-refractivity contribution in [2.24, 2.45) is 0 Å². The smallest absolute Gasteiger partial charge is 0.406 e. The maximum atomic E-state index is 12.1. The molecule has 1 radical (unpaired) electrons. The van der Waals surface area contributed by atoms with Gasteiger partial charge in [0.1, 0.15) is 5.75 Å². The summed E-state index contributed by atoms with van der Waals surface area (Å²) in [4.78, 5) is 0. The molecule has 19 heavy (non-hydrogen) atoms. The fourth-order valence-corrected chi connectivity index (χ4v) is 1.97. The molecular formula is C14H9ClF3O. The molecule has 0 amide bonds. The van der Waals surface area contributed by atoms with Crippen LogP contribution in [0.25, 0.3) is 11.1 Å². The van der Waals surface area contributed by atoms with Crippen LogP contribution in [-0.4, -0.2) is 6.36 Å². The summed E-state index contributed by atoms with van der Waals surface area (Å²) in [5.74, 6) is -0.345. The fourth-order valence-electron chi connectivity index (χ4n) is 1.69. The Kier molecular flexibility index (Phi) is 3.71. The van der Waals surface area contributed by atoms with E-state index >= 15 is 0 Å². The molecule has 1 nitrogen and oxygen atoms in total. The predicted molar refractivity (Wildman–Crippen MR) is 68.0 cm³/mol. The summed E-state index contributed by atoms with van der Waals surface area (Å²) in [6.07, 6.45) is -4.73. The molecule has 0 bridgehead atoms. The Bertz CT molecular complexity index is 593. The van der Waals surface area contributed by atoms with Crippen molar-refractivity contribution in [2.45, 2.75) is 6.36 Å². The van der Waals surface area contributed by atoms with Gasteiger partial charge in [0, 0.05) is 5.56 Å². The van der Waals surface area contributed by atoms with Crippen molar-refractivity contribution in [3.63, 3.8) is 0 Å². The summed E-state index contributed by atoms with van der Waals surface area (Å²) >= 11 is 5.99. The average Bonchev–Trinajstić information content (AvgIpc) is 2.28. The van der Waals surface area contributed by atoms with Crippen LogP contribution >= 0.6 is 11.6 Å². The third-order valence-corrected chi connectivity index (χ3v) is 2.79. The van der Waals surface area contributed by atoms with Gasteiger partial charge in [-0.25, -0.2) is 0 Å². The summed E-state index contributed by atoms with van der Waals surface area (Å²) in [5.41, 5.74) is 2.13. The van der Waals surface area contributed by atoms with E-state index in [1.807, 2.05) is 6.07 Å². The van der Waals surface area contributed by atoms with Crippen molar-refractivity contribution >= 4 is 11.6 Å². The number of hydrogen-bond donors (Lipinski definition) is 0. The molecule has 5 heteroatoms. The van der Waals surface area contributed by atoms with E-state index in [2.05, 4.69) is 11.7 Å². The first-order valence-electron chi connectivity index (χ1n) is 5.33. The summed E-state index contributed by atoms with van der Waals surface area (Å²) < 4.78 is 40.1. The maximum Gasteiger partial charge on any atom is 0.573 e. The van der Waals surface area contributed by atoms with E-state index in [0.717, 1.165) is 17.2 Å². The number of rotatable bonds is 2. The third-order valence-electron chi connectivity index (χ3n) is 2.48. The highest BCUT2D eigenvalue weighted by atomic mass is 35.5. The van der Waals surface area contributed by atoms with Crippen molar-refractivity contribution in [1.82, 2.24) is 0 Å². The molecule has 99 valence electrons. The van der Waals surface area contributed by atoms with Crippen LogP contribution in [0.15, 0.2) is 42.5 Å². The highest BCUT2D eigenvalue weighted by Gasteiger charge is 2.31. The zero-order valence-corrected chi connectivity index (χ0v) is 10.4. The molecule has 0 aliphatic heterocycles. The Hall–Kier alpha value is -1.68. The predicted octanol–water partition coefficient (Wildman–Crippen LogP) is 5.09. The van der Waals surface area contributed by atoms with E-state index in [4.69, 9.17) is 11.6 Å². The lowest BCUT2D eigenvalue weighted by Crippen LogP contribution is -2.17. The lowest BCUT2D eigenvalue weighted by atomic mass is 10.0. The first kappa shape index (κ1) is 13.7. The average molecular weight is 286 g/mol. The molecule has 0 heterocycles. The largest absolute Gasteiger partial charge is 0.573 e. The lowest BCUT2D eigenvalue weighted by molar-refractivity contribution is -0.274. The zero-order valence-electron chi connectivity index (χ0n) is 9.67. The summed E-state index contributed by atoms with van der Waals surface area (Å²) in [6, 6.07) is 11.1. The Balaban J connectivity index is 2.38. The van der Waals surface area contributed by atoms with Crippen LogP contribution in [0.1, 0.15) is 5.56 Å². The van der Waals surface area contributed by atoms with Crippen molar-refractivity contribution in [3.8, 4) is 16.9 Å². The molecule has 0 aliphatic carbocycles. The molecule has 0 spiro atoms. The molecule has 0 aliphatic rings. The van der Waals surface area contributed by atoms with Gasteiger partial charge in [-0.05, 0) is 36.2 Å². The monoisotopic (exact) mass is 285 g/mol. The number of hydrogen-bond acceptors (Lipinski definition) is 1. The maximum absolute atomic E-state index is 12.1. The third kappa shape index (κ3) is 3.41. The van der Waals surface area contributed by atoms with Crippen LogP contribution in [0.5, 0.6) is 5.75 Å². The SMILES string of the molecule is [CH2]c1ccccc1-c1ccc(OC(F)(F)F)cc1Cl.